The molecule has 1 saturated heterocycles. The monoisotopic (exact) mass is 395 g/mol. The van der Waals surface area contributed by atoms with Gasteiger partial charge in [-0.25, -0.2) is 8.42 Å². The molecule has 0 N–H and O–H groups in total. The third-order valence-corrected chi connectivity index (χ3v) is 6.97. The Hall–Kier alpha value is -1.74. The smallest absolute Gasteiger partial charge is 0.248 e. The largest absolute Gasteiger partial charge is 0.420 e. The molecule has 0 saturated carbocycles. The van der Waals surface area contributed by atoms with Gasteiger partial charge in [-0.15, -0.1) is 10.2 Å². The van der Waals surface area contributed by atoms with Gasteiger partial charge in [-0.05, 0) is 42.1 Å². The minimum absolute atomic E-state index is 0.0954. The van der Waals surface area contributed by atoms with Gasteiger partial charge in [0, 0.05) is 29.1 Å². The molecule has 6 nitrogen and oxygen atoms in total. The number of sulfonamides is 1. The van der Waals surface area contributed by atoms with Crippen molar-refractivity contribution in [3.63, 3.8) is 0 Å². The molecule has 1 fully saturated rings. The standard InChI is InChI=1S/C16H14ClN3O3S2/c17-13-1-3-14(4-2-13)25(21,22)20-7-5-11(9-20)15-18-19-16(23-15)12-6-8-24-10-12/h1-4,6,8,10-11H,5,7,9H2/t11-/m0/s1. The van der Waals surface area contributed by atoms with Crippen LogP contribution >= 0.6 is 22.9 Å². The van der Waals surface area contributed by atoms with E-state index in [0.717, 1.165) is 5.56 Å². The maximum atomic E-state index is 12.7. The summed E-state index contributed by atoms with van der Waals surface area (Å²) in [5, 5.41) is 12.5. The highest BCUT2D eigenvalue weighted by atomic mass is 35.5. The Morgan fingerprint density at radius 2 is 2.00 bits per heavy atom. The number of nitrogens with zero attached hydrogens (tertiary/aromatic N) is 3. The number of rotatable bonds is 4. The van der Waals surface area contributed by atoms with Crippen LogP contribution in [0.15, 0.2) is 50.4 Å². The number of hydrogen-bond donors (Lipinski definition) is 0. The number of halogens is 1. The molecule has 0 radical (unpaired) electrons. The van der Waals surface area contributed by atoms with Gasteiger partial charge in [-0.2, -0.15) is 15.6 Å². The van der Waals surface area contributed by atoms with E-state index in [1.807, 2.05) is 16.8 Å². The Labute approximate surface area is 154 Å². The molecule has 1 aliphatic rings. The van der Waals surface area contributed by atoms with Gasteiger partial charge in [0.15, 0.2) is 0 Å². The van der Waals surface area contributed by atoms with Crippen molar-refractivity contribution in [2.75, 3.05) is 13.1 Å². The molecule has 4 rings (SSSR count). The first-order valence-electron chi connectivity index (χ1n) is 7.66. The first kappa shape index (κ1) is 16.7. The zero-order valence-electron chi connectivity index (χ0n) is 13.0. The van der Waals surface area contributed by atoms with Crippen LogP contribution in [0, 0.1) is 0 Å². The number of aromatic nitrogens is 2. The Morgan fingerprint density at radius 3 is 2.72 bits per heavy atom. The van der Waals surface area contributed by atoms with Crippen molar-refractivity contribution in [1.29, 1.82) is 0 Å². The van der Waals surface area contributed by atoms with Gasteiger partial charge in [0.05, 0.1) is 10.8 Å². The van der Waals surface area contributed by atoms with Crippen LogP contribution in [0.25, 0.3) is 11.5 Å². The summed E-state index contributed by atoms with van der Waals surface area (Å²) < 4.78 is 32.7. The van der Waals surface area contributed by atoms with Crippen LogP contribution in [-0.2, 0) is 10.0 Å². The van der Waals surface area contributed by atoms with Crippen LogP contribution in [0.4, 0.5) is 0 Å². The van der Waals surface area contributed by atoms with Gasteiger partial charge in [-0.1, -0.05) is 11.6 Å². The predicted molar refractivity (Wildman–Crippen MR) is 95.2 cm³/mol. The quantitative estimate of drug-likeness (QED) is 0.674. The summed E-state index contributed by atoms with van der Waals surface area (Å²) in [7, 11) is -3.55. The summed E-state index contributed by atoms with van der Waals surface area (Å²) in [6, 6.07) is 8.10. The molecule has 0 amide bonds. The lowest BCUT2D eigenvalue weighted by molar-refractivity contribution is 0.440. The molecule has 3 aromatic rings. The molecule has 25 heavy (non-hydrogen) atoms. The second-order valence-electron chi connectivity index (χ2n) is 5.76. The van der Waals surface area contributed by atoms with Crippen molar-refractivity contribution in [3.8, 4) is 11.5 Å². The molecular weight excluding hydrogens is 382 g/mol. The summed E-state index contributed by atoms with van der Waals surface area (Å²) in [6.45, 7) is 0.752. The normalized spacial score (nSPS) is 18.7. The Kier molecular flexibility index (Phi) is 4.36. The Balaban J connectivity index is 1.52. The van der Waals surface area contributed by atoms with E-state index in [9.17, 15) is 8.42 Å². The second-order valence-corrected chi connectivity index (χ2v) is 8.91. The van der Waals surface area contributed by atoms with E-state index in [-0.39, 0.29) is 10.8 Å². The lowest BCUT2D eigenvalue weighted by Crippen LogP contribution is -2.28. The fraction of sp³-hybridized carbons (Fsp3) is 0.250. The van der Waals surface area contributed by atoms with E-state index in [1.54, 1.807) is 23.5 Å². The van der Waals surface area contributed by atoms with Gasteiger partial charge in [-0.3, -0.25) is 0 Å². The van der Waals surface area contributed by atoms with Crippen LogP contribution in [0.5, 0.6) is 0 Å². The number of thiophene rings is 1. The summed E-state index contributed by atoms with van der Waals surface area (Å²) in [4.78, 5) is 0.238. The van der Waals surface area contributed by atoms with Crippen molar-refractivity contribution >= 4 is 33.0 Å². The molecule has 1 atom stereocenters. The van der Waals surface area contributed by atoms with E-state index in [4.69, 9.17) is 16.0 Å². The topological polar surface area (TPSA) is 76.3 Å². The highest BCUT2D eigenvalue weighted by Gasteiger charge is 2.35. The zero-order valence-corrected chi connectivity index (χ0v) is 15.4. The van der Waals surface area contributed by atoms with Crippen LogP contribution in [0.3, 0.4) is 0 Å². The molecule has 3 heterocycles. The lowest BCUT2D eigenvalue weighted by atomic mass is 10.1. The van der Waals surface area contributed by atoms with E-state index in [2.05, 4.69) is 10.2 Å². The minimum atomic E-state index is -3.55. The molecule has 1 aliphatic heterocycles. The average Bonchev–Trinajstić information content (AvgIpc) is 3.34. The van der Waals surface area contributed by atoms with Gasteiger partial charge in [0.25, 0.3) is 0 Å². The molecule has 1 aromatic carbocycles. The van der Waals surface area contributed by atoms with E-state index in [0.29, 0.717) is 36.3 Å². The van der Waals surface area contributed by atoms with Crippen molar-refractivity contribution in [1.82, 2.24) is 14.5 Å². The van der Waals surface area contributed by atoms with Gasteiger partial charge >= 0.3 is 0 Å². The molecule has 0 spiro atoms. The fourth-order valence-electron chi connectivity index (χ4n) is 2.81. The second kappa shape index (κ2) is 6.53. The molecule has 130 valence electrons. The SMILES string of the molecule is O=S(=O)(c1ccc(Cl)cc1)N1CC[C@H](c2nnc(-c3ccsc3)o2)C1. The number of hydrogen-bond acceptors (Lipinski definition) is 6. The van der Waals surface area contributed by atoms with Gasteiger partial charge < -0.3 is 4.42 Å². The zero-order chi connectivity index (χ0) is 17.4. The van der Waals surface area contributed by atoms with Crippen molar-refractivity contribution < 1.29 is 12.8 Å². The van der Waals surface area contributed by atoms with E-state index in [1.165, 1.54) is 16.4 Å². The fourth-order valence-corrected chi connectivity index (χ4v) is 5.06. The molecule has 0 aliphatic carbocycles. The first-order valence-corrected chi connectivity index (χ1v) is 10.4. The van der Waals surface area contributed by atoms with Crippen LogP contribution in [0.2, 0.25) is 5.02 Å². The summed E-state index contributed by atoms with van der Waals surface area (Å²) in [5.74, 6) is 0.854. The average molecular weight is 396 g/mol. The Bertz CT molecular complexity index is 968. The van der Waals surface area contributed by atoms with Crippen molar-refractivity contribution in [2.24, 2.45) is 0 Å². The lowest BCUT2D eigenvalue weighted by Gasteiger charge is -2.16. The maximum absolute atomic E-state index is 12.7. The van der Waals surface area contributed by atoms with Crippen LogP contribution in [0.1, 0.15) is 18.2 Å². The highest BCUT2D eigenvalue weighted by molar-refractivity contribution is 7.89. The van der Waals surface area contributed by atoms with Gasteiger partial charge in [0.1, 0.15) is 0 Å². The van der Waals surface area contributed by atoms with Crippen LogP contribution < -0.4 is 0 Å². The van der Waals surface area contributed by atoms with E-state index >= 15 is 0 Å². The maximum Gasteiger partial charge on any atom is 0.248 e. The molecule has 0 unspecified atom stereocenters. The molecule has 9 heteroatoms. The molecule has 2 aromatic heterocycles. The van der Waals surface area contributed by atoms with Crippen molar-refractivity contribution in [2.45, 2.75) is 17.2 Å². The predicted octanol–water partition coefficient (Wildman–Crippen LogP) is 3.63. The third-order valence-electron chi connectivity index (χ3n) is 4.16. The van der Waals surface area contributed by atoms with E-state index < -0.39 is 10.0 Å². The summed E-state index contributed by atoms with van der Waals surface area (Å²) in [5.41, 5.74) is 0.882. The van der Waals surface area contributed by atoms with Crippen LogP contribution in [-0.4, -0.2) is 36.0 Å². The Morgan fingerprint density at radius 1 is 1.20 bits per heavy atom. The molecule has 0 bridgehead atoms. The summed E-state index contributed by atoms with van der Waals surface area (Å²) in [6.07, 6.45) is 0.651. The van der Waals surface area contributed by atoms with Crippen molar-refractivity contribution in [3.05, 3.63) is 52.0 Å². The summed E-state index contributed by atoms with van der Waals surface area (Å²) >= 11 is 7.39. The highest BCUT2D eigenvalue weighted by Crippen LogP contribution is 2.32. The number of benzene rings is 1. The minimum Gasteiger partial charge on any atom is -0.420 e. The first-order chi connectivity index (χ1) is 12.0. The van der Waals surface area contributed by atoms with Gasteiger partial charge in [0.2, 0.25) is 21.8 Å². The molecular formula is C16H14ClN3O3S2. The third kappa shape index (κ3) is 3.22.